The van der Waals surface area contributed by atoms with Crippen LogP contribution < -0.4 is 0 Å². The topological polar surface area (TPSA) is 59.0 Å². The molecular formula is C29H38N2O2Si. The molecule has 0 saturated heterocycles. The molecular weight excluding hydrogens is 436 g/mol. The van der Waals surface area contributed by atoms with Gasteiger partial charge in [0.2, 0.25) is 5.89 Å². The Morgan fingerprint density at radius 1 is 0.971 bits per heavy atom. The number of aromatic nitrogens is 1. The van der Waals surface area contributed by atoms with Gasteiger partial charge >= 0.3 is 0 Å². The number of nitriles is 1. The highest BCUT2D eigenvalue weighted by molar-refractivity contribution is 6.74. The van der Waals surface area contributed by atoms with E-state index in [0.717, 1.165) is 24.8 Å². The zero-order valence-electron chi connectivity index (χ0n) is 21.3. The van der Waals surface area contributed by atoms with Crippen LogP contribution in [0.2, 0.25) is 18.1 Å². The van der Waals surface area contributed by atoms with Gasteiger partial charge < -0.3 is 8.84 Å². The second-order valence-electron chi connectivity index (χ2n) is 10.6. The summed E-state index contributed by atoms with van der Waals surface area (Å²) in [5.41, 5.74) is 2.97. The van der Waals surface area contributed by atoms with Gasteiger partial charge in [0.15, 0.2) is 14.1 Å². The zero-order valence-corrected chi connectivity index (χ0v) is 22.3. The summed E-state index contributed by atoms with van der Waals surface area (Å²) in [7, 11) is -1.99. The van der Waals surface area contributed by atoms with Crippen LogP contribution in [0.3, 0.4) is 0 Å². The lowest BCUT2D eigenvalue weighted by Crippen LogP contribution is -2.41. The maximum absolute atomic E-state index is 9.05. The second-order valence-corrected chi connectivity index (χ2v) is 15.3. The first-order chi connectivity index (χ1) is 16.2. The van der Waals surface area contributed by atoms with E-state index in [1.54, 1.807) is 18.3 Å². The van der Waals surface area contributed by atoms with Crippen LogP contribution in [0.4, 0.5) is 0 Å². The Balaban J connectivity index is 1.63. The third-order valence-electron chi connectivity index (χ3n) is 6.87. The summed E-state index contributed by atoms with van der Waals surface area (Å²) in [4.78, 5) is 4.62. The molecule has 0 radical (unpaired) electrons. The predicted molar refractivity (Wildman–Crippen MR) is 141 cm³/mol. The Kier molecular flexibility index (Phi) is 8.88. The summed E-state index contributed by atoms with van der Waals surface area (Å²) in [5, 5.41) is 9.16. The van der Waals surface area contributed by atoms with Crippen LogP contribution in [0, 0.1) is 11.3 Å². The molecule has 1 heterocycles. The lowest BCUT2D eigenvalue weighted by Gasteiger charge is -2.38. The molecule has 34 heavy (non-hydrogen) atoms. The van der Waals surface area contributed by atoms with Crippen LogP contribution in [0.5, 0.6) is 0 Å². The van der Waals surface area contributed by atoms with Crippen molar-refractivity contribution in [1.82, 2.24) is 4.98 Å². The molecule has 3 rings (SSSR count). The van der Waals surface area contributed by atoms with Crippen molar-refractivity contribution < 1.29 is 8.84 Å². The first-order valence-electron chi connectivity index (χ1n) is 12.4. The van der Waals surface area contributed by atoms with E-state index in [4.69, 9.17) is 14.1 Å². The van der Waals surface area contributed by atoms with Crippen LogP contribution in [-0.4, -0.2) is 13.3 Å². The summed E-state index contributed by atoms with van der Waals surface area (Å²) in [6, 6.07) is 20.3. The molecule has 0 N–H and O–H groups in total. The maximum Gasteiger partial charge on any atom is 0.222 e. The predicted octanol–water partition coefficient (Wildman–Crippen LogP) is 8.47. The van der Waals surface area contributed by atoms with Gasteiger partial charge in [-0.2, -0.15) is 5.26 Å². The smallest absolute Gasteiger partial charge is 0.222 e. The Labute approximate surface area is 206 Å². The van der Waals surface area contributed by atoms with Crippen molar-refractivity contribution in [3.63, 3.8) is 0 Å². The second kappa shape index (κ2) is 11.6. The van der Waals surface area contributed by atoms with Crippen LogP contribution in [0.15, 0.2) is 65.2 Å². The van der Waals surface area contributed by atoms with Crippen LogP contribution >= 0.6 is 0 Å². The minimum absolute atomic E-state index is 0.115. The molecule has 0 saturated carbocycles. The maximum atomic E-state index is 9.05. The Morgan fingerprint density at radius 3 is 2.29 bits per heavy atom. The minimum Gasteiger partial charge on any atom is -0.438 e. The van der Waals surface area contributed by atoms with Gasteiger partial charge in [0.25, 0.3) is 0 Å². The van der Waals surface area contributed by atoms with E-state index in [1.807, 2.05) is 12.1 Å². The van der Waals surface area contributed by atoms with Crippen molar-refractivity contribution in [2.75, 3.05) is 0 Å². The average molecular weight is 475 g/mol. The van der Waals surface area contributed by atoms with Crippen molar-refractivity contribution in [3.8, 4) is 17.4 Å². The summed E-state index contributed by atoms with van der Waals surface area (Å²) < 4.78 is 13.0. The standard InChI is InChI=1S/C29H38N2O2Si/c1-29(2,3)34(4,5)33-26(16-12-7-6-9-13-23-14-10-8-11-15-23)28-31-22-27(32-28)25-19-17-24(21-30)18-20-25/h8,10-11,14-15,17-20,22,26H,6-7,9,12-13,16H2,1-5H3. The average Bonchev–Trinajstić information content (AvgIpc) is 3.31. The first-order valence-corrected chi connectivity index (χ1v) is 15.3. The Morgan fingerprint density at radius 2 is 1.65 bits per heavy atom. The van der Waals surface area contributed by atoms with Crippen molar-refractivity contribution in [2.24, 2.45) is 0 Å². The van der Waals surface area contributed by atoms with Gasteiger partial charge in [0.1, 0.15) is 6.10 Å². The highest BCUT2D eigenvalue weighted by atomic mass is 28.4. The Hall–Kier alpha value is -2.68. The number of unbranched alkanes of at least 4 members (excludes halogenated alkanes) is 3. The summed E-state index contributed by atoms with van der Waals surface area (Å²) in [5.74, 6) is 1.37. The summed E-state index contributed by atoms with van der Waals surface area (Å²) in [6.45, 7) is 11.3. The van der Waals surface area contributed by atoms with Gasteiger partial charge in [-0.15, -0.1) is 0 Å². The van der Waals surface area contributed by atoms with Gasteiger partial charge in [-0.05, 0) is 67.2 Å². The van der Waals surface area contributed by atoms with Gasteiger partial charge in [-0.1, -0.05) is 70.4 Å². The van der Waals surface area contributed by atoms with Crippen molar-refractivity contribution in [2.45, 2.75) is 83.5 Å². The number of benzene rings is 2. The molecule has 5 heteroatoms. The molecule has 2 aromatic carbocycles. The molecule has 0 aliphatic rings. The van der Waals surface area contributed by atoms with E-state index in [0.29, 0.717) is 17.2 Å². The molecule has 1 atom stereocenters. The van der Waals surface area contributed by atoms with Crippen molar-refractivity contribution in [3.05, 3.63) is 77.8 Å². The number of hydrogen-bond donors (Lipinski definition) is 0. The minimum atomic E-state index is -1.99. The van der Waals surface area contributed by atoms with Crippen molar-refractivity contribution >= 4 is 8.32 Å². The zero-order chi connectivity index (χ0) is 24.6. The molecule has 0 spiro atoms. The molecule has 3 aromatic rings. The summed E-state index contributed by atoms with van der Waals surface area (Å²) in [6.07, 6.45) is 8.36. The lowest BCUT2D eigenvalue weighted by atomic mass is 10.0. The quantitative estimate of drug-likeness (QED) is 0.206. The Bertz CT molecular complexity index is 1060. The van der Waals surface area contributed by atoms with E-state index < -0.39 is 8.32 Å². The van der Waals surface area contributed by atoms with E-state index in [2.05, 4.69) is 75.3 Å². The molecule has 180 valence electrons. The van der Waals surface area contributed by atoms with E-state index in [-0.39, 0.29) is 11.1 Å². The molecule has 0 bridgehead atoms. The molecule has 4 nitrogen and oxygen atoms in total. The van der Waals surface area contributed by atoms with Gasteiger partial charge in [0.05, 0.1) is 17.8 Å². The molecule has 0 fully saturated rings. The molecule has 0 amide bonds. The first kappa shape index (κ1) is 25.9. The third-order valence-corrected chi connectivity index (χ3v) is 11.4. The number of hydrogen-bond acceptors (Lipinski definition) is 4. The number of nitrogens with zero attached hydrogens (tertiary/aromatic N) is 2. The highest BCUT2D eigenvalue weighted by Crippen LogP contribution is 2.41. The van der Waals surface area contributed by atoms with Gasteiger partial charge in [-0.25, -0.2) is 4.98 Å². The normalized spacial score (nSPS) is 12.9. The molecule has 1 aromatic heterocycles. The lowest BCUT2D eigenvalue weighted by molar-refractivity contribution is 0.139. The van der Waals surface area contributed by atoms with Crippen LogP contribution in [-0.2, 0) is 10.8 Å². The number of rotatable bonds is 11. The SMILES string of the molecule is CC(C)(C)[Si](C)(C)OC(CCCCCCc1ccccc1)c1ncc(-c2ccc(C#N)cc2)o1. The fourth-order valence-corrected chi connectivity index (χ4v) is 4.98. The van der Waals surface area contributed by atoms with E-state index in [9.17, 15) is 0 Å². The van der Waals surface area contributed by atoms with Crippen molar-refractivity contribution in [1.29, 1.82) is 5.26 Å². The monoisotopic (exact) mass is 474 g/mol. The highest BCUT2D eigenvalue weighted by Gasteiger charge is 2.40. The molecule has 1 unspecified atom stereocenters. The summed E-state index contributed by atoms with van der Waals surface area (Å²) >= 11 is 0. The fourth-order valence-electron chi connectivity index (χ4n) is 3.70. The third kappa shape index (κ3) is 7.16. The van der Waals surface area contributed by atoms with Crippen LogP contribution in [0.25, 0.3) is 11.3 Å². The fraction of sp³-hybridized carbons (Fsp3) is 0.448. The van der Waals surface area contributed by atoms with Gasteiger partial charge in [0, 0.05) is 5.56 Å². The number of oxazole rings is 1. The van der Waals surface area contributed by atoms with E-state index >= 15 is 0 Å². The largest absolute Gasteiger partial charge is 0.438 e. The van der Waals surface area contributed by atoms with E-state index in [1.165, 1.54) is 24.8 Å². The molecule has 0 aliphatic carbocycles. The van der Waals surface area contributed by atoms with Gasteiger partial charge in [-0.3, -0.25) is 0 Å². The molecule has 0 aliphatic heterocycles. The number of aryl methyl sites for hydroxylation is 1. The van der Waals surface area contributed by atoms with Crippen LogP contribution in [0.1, 0.15) is 76.0 Å².